The first-order chi connectivity index (χ1) is 9.16. The third-order valence-electron chi connectivity index (χ3n) is 2.96. The van der Waals surface area contributed by atoms with Crippen molar-refractivity contribution in [2.75, 3.05) is 5.32 Å². The maximum Gasteiger partial charge on any atom is 0.337 e. The Bertz CT molecular complexity index is 534. The van der Waals surface area contributed by atoms with Gasteiger partial charge in [-0.1, -0.05) is 12.1 Å². The SMILES string of the molecule is CC(CCc1ccco1)Nc1ccccc1C(=O)O. The molecular formula is C15H17NO3. The summed E-state index contributed by atoms with van der Waals surface area (Å²) in [6.07, 6.45) is 3.37. The highest BCUT2D eigenvalue weighted by Gasteiger charge is 2.11. The van der Waals surface area contributed by atoms with Crippen LogP contribution in [0.2, 0.25) is 0 Å². The molecule has 0 radical (unpaired) electrons. The number of para-hydroxylation sites is 1. The Morgan fingerprint density at radius 3 is 2.79 bits per heavy atom. The summed E-state index contributed by atoms with van der Waals surface area (Å²) in [7, 11) is 0. The van der Waals surface area contributed by atoms with E-state index < -0.39 is 5.97 Å². The lowest BCUT2D eigenvalue weighted by Gasteiger charge is -2.16. The van der Waals surface area contributed by atoms with Crippen molar-refractivity contribution in [2.24, 2.45) is 0 Å². The molecule has 100 valence electrons. The van der Waals surface area contributed by atoms with E-state index in [0.29, 0.717) is 11.3 Å². The number of carboxylic acids is 1. The van der Waals surface area contributed by atoms with E-state index in [2.05, 4.69) is 5.32 Å². The van der Waals surface area contributed by atoms with E-state index in [9.17, 15) is 4.79 Å². The zero-order valence-corrected chi connectivity index (χ0v) is 10.8. The lowest BCUT2D eigenvalue weighted by Crippen LogP contribution is -2.18. The van der Waals surface area contributed by atoms with E-state index in [-0.39, 0.29) is 6.04 Å². The normalized spacial score (nSPS) is 12.1. The smallest absolute Gasteiger partial charge is 0.337 e. The number of carbonyl (C=O) groups is 1. The lowest BCUT2D eigenvalue weighted by atomic mass is 10.1. The predicted molar refractivity (Wildman–Crippen MR) is 73.5 cm³/mol. The van der Waals surface area contributed by atoms with Gasteiger partial charge in [0.2, 0.25) is 0 Å². The van der Waals surface area contributed by atoms with Gasteiger partial charge in [-0.3, -0.25) is 0 Å². The van der Waals surface area contributed by atoms with Gasteiger partial charge >= 0.3 is 5.97 Å². The molecule has 1 atom stereocenters. The van der Waals surface area contributed by atoms with Gasteiger partial charge in [0.1, 0.15) is 5.76 Å². The number of nitrogens with one attached hydrogen (secondary N) is 1. The average Bonchev–Trinajstić information content (AvgIpc) is 2.90. The molecule has 0 fully saturated rings. The number of hydrogen-bond acceptors (Lipinski definition) is 3. The molecule has 19 heavy (non-hydrogen) atoms. The Hall–Kier alpha value is -2.23. The first-order valence-corrected chi connectivity index (χ1v) is 6.28. The molecule has 0 saturated carbocycles. The molecule has 0 aliphatic rings. The molecule has 4 heteroatoms. The van der Waals surface area contributed by atoms with E-state index in [1.54, 1.807) is 24.5 Å². The van der Waals surface area contributed by atoms with Gasteiger partial charge < -0.3 is 14.8 Å². The summed E-state index contributed by atoms with van der Waals surface area (Å²) >= 11 is 0. The van der Waals surface area contributed by atoms with Crippen LogP contribution in [0.4, 0.5) is 5.69 Å². The highest BCUT2D eigenvalue weighted by Crippen LogP contribution is 2.17. The number of anilines is 1. The molecule has 1 unspecified atom stereocenters. The van der Waals surface area contributed by atoms with E-state index in [1.165, 1.54) is 0 Å². The number of aryl methyl sites for hydroxylation is 1. The third kappa shape index (κ3) is 3.61. The minimum Gasteiger partial charge on any atom is -0.478 e. The van der Waals surface area contributed by atoms with Crippen molar-refractivity contribution in [1.29, 1.82) is 0 Å². The molecule has 0 amide bonds. The monoisotopic (exact) mass is 259 g/mol. The Labute approximate surface area is 112 Å². The summed E-state index contributed by atoms with van der Waals surface area (Å²) in [5.74, 6) is 0.0292. The van der Waals surface area contributed by atoms with E-state index in [1.807, 2.05) is 25.1 Å². The second-order valence-electron chi connectivity index (χ2n) is 4.51. The molecule has 0 bridgehead atoms. The van der Waals surface area contributed by atoms with Crippen molar-refractivity contribution in [1.82, 2.24) is 0 Å². The minimum atomic E-state index is -0.915. The number of hydrogen-bond donors (Lipinski definition) is 2. The van der Waals surface area contributed by atoms with Crippen LogP contribution in [0.15, 0.2) is 47.1 Å². The van der Waals surface area contributed by atoms with Gasteiger partial charge in [0.25, 0.3) is 0 Å². The molecule has 0 saturated heterocycles. The molecule has 2 rings (SSSR count). The lowest BCUT2D eigenvalue weighted by molar-refractivity contribution is 0.0698. The first kappa shape index (κ1) is 13.2. The molecule has 1 aromatic heterocycles. The summed E-state index contributed by atoms with van der Waals surface area (Å²) in [6, 6.07) is 10.9. The van der Waals surface area contributed by atoms with Crippen molar-refractivity contribution in [3.05, 3.63) is 54.0 Å². The largest absolute Gasteiger partial charge is 0.478 e. The number of aromatic carboxylic acids is 1. The predicted octanol–water partition coefficient (Wildman–Crippen LogP) is 3.41. The Morgan fingerprint density at radius 2 is 2.11 bits per heavy atom. The average molecular weight is 259 g/mol. The van der Waals surface area contributed by atoms with Gasteiger partial charge in [0, 0.05) is 18.2 Å². The van der Waals surface area contributed by atoms with Gasteiger partial charge in [0.05, 0.1) is 11.8 Å². The Kier molecular flexibility index (Phi) is 4.23. The van der Waals surface area contributed by atoms with Crippen LogP contribution in [0.25, 0.3) is 0 Å². The van der Waals surface area contributed by atoms with Crippen molar-refractivity contribution in [3.63, 3.8) is 0 Å². The zero-order valence-electron chi connectivity index (χ0n) is 10.8. The van der Waals surface area contributed by atoms with Crippen LogP contribution in [0.3, 0.4) is 0 Å². The summed E-state index contributed by atoms with van der Waals surface area (Å²) in [4.78, 5) is 11.1. The number of rotatable bonds is 6. The maximum absolute atomic E-state index is 11.1. The third-order valence-corrected chi connectivity index (χ3v) is 2.96. The quantitative estimate of drug-likeness (QED) is 0.834. The Balaban J connectivity index is 1.95. The van der Waals surface area contributed by atoms with Crippen LogP contribution < -0.4 is 5.32 Å². The molecule has 1 heterocycles. The summed E-state index contributed by atoms with van der Waals surface area (Å²) in [5, 5.41) is 12.3. The fraction of sp³-hybridized carbons (Fsp3) is 0.267. The van der Waals surface area contributed by atoms with Gasteiger partial charge in [-0.15, -0.1) is 0 Å². The fourth-order valence-corrected chi connectivity index (χ4v) is 1.95. The van der Waals surface area contributed by atoms with Crippen molar-refractivity contribution < 1.29 is 14.3 Å². The van der Waals surface area contributed by atoms with Gasteiger partial charge in [0.15, 0.2) is 0 Å². The summed E-state index contributed by atoms with van der Waals surface area (Å²) in [6.45, 7) is 2.03. The summed E-state index contributed by atoms with van der Waals surface area (Å²) < 4.78 is 5.27. The molecule has 2 aromatic rings. The zero-order chi connectivity index (χ0) is 13.7. The van der Waals surface area contributed by atoms with E-state index >= 15 is 0 Å². The molecule has 1 aromatic carbocycles. The summed E-state index contributed by atoms with van der Waals surface area (Å²) in [5.41, 5.74) is 0.953. The standard InChI is InChI=1S/C15H17NO3/c1-11(8-9-12-5-4-10-19-12)16-14-7-3-2-6-13(14)15(17)18/h2-7,10-11,16H,8-9H2,1H3,(H,17,18). The topological polar surface area (TPSA) is 62.5 Å². The van der Waals surface area contributed by atoms with Crippen LogP contribution in [-0.2, 0) is 6.42 Å². The van der Waals surface area contributed by atoms with Gasteiger partial charge in [-0.2, -0.15) is 0 Å². The highest BCUT2D eigenvalue weighted by atomic mass is 16.4. The number of benzene rings is 1. The van der Waals surface area contributed by atoms with Crippen LogP contribution in [0.1, 0.15) is 29.5 Å². The fourth-order valence-electron chi connectivity index (χ4n) is 1.95. The second-order valence-corrected chi connectivity index (χ2v) is 4.51. The van der Waals surface area contributed by atoms with Crippen molar-refractivity contribution >= 4 is 11.7 Å². The maximum atomic E-state index is 11.1. The minimum absolute atomic E-state index is 0.172. The van der Waals surface area contributed by atoms with Crippen molar-refractivity contribution in [3.8, 4) is 0 Å². The molecule has 0 aliphatic carbocycles. The molecular weight excluding hydrogens is 242 g/mol. The van der Waals surface area contributed by atoms with Crippen LogP contribution >= 0.6 is 0 Å². The second kappa shape index (κ2) is 6.09. The molecule has 0 aliphatic heterocycles. The van der Waals surface area contributed by atoms with Gasteiger partial charge in [-0.05, 0) is 37.6 Å². The van der Waals surface area contributed by atoms with Crippen molar-refractivity contribution in [2.45, 2.75) is 25.8 Å². The van der Waals surface area contributed by atoms with Crippen LogP contribution in [-0.4, -0.2) is 17.1 Å². The van der Waals surface area contributed by atoms with E-state index in [0.717, 1.165) is 18.6 Å². The van der Waals surface area contributed by atoms with Gasteiger partial charge in [-0.25, -0.2) is 4.79 Å². The van der Waals surface area contributed by atoms with E-state index in [4.69, 9.17) is 9.52 Å². The van der Waals surface area contributed by atoms with Crippen LogP contribution in [0, 0.1) is 0 Å². The van der Waals surface area contributed by atoms with Crippen LogP contribution in [0.5, 0.6) is 0 Å². The Morgan fingerprint density at radius 1 is 1.32 bits per heavy atom. The number of carboxylic acid groups (broad SMARTS) is 1. The first-order valence-electron chi connectivity index (χ1n) is 6.28. The molecule has 0 spiro atoms. The molecule has 4 nitrogen and oxygen atoms in total. The number of furan rings is 1. The molecule has 2 N–H and O–H groups in total. The highest BCUT2D eigenvalue weighted by molar-refractivity contribution is 5.94.